The second kappa shape index (κ2) is 8.68. The molecular formula is C18H20N2O8S2. The van der Waals surface area contributed by atoms with Crippen molar-refractivity contribution in [2.24, 2.45) is 0 Å². The standard InChI is InChI=1S/C18H20N2O8S2/c1-26-18(21)17-11-15(28-29(2,22)23)12-20(17)30(24,25)16-5-3-13(4-6-16)27-14-7-9-19-10-8-14/h3-10,15,17H,11-12H2,1-2H3/t15-,17-/m1/s1. The van der Waals surface area contributed by atoms with Gasteiger partial charge in [-0.15, -0.1) is 0 Å². The normalized spacial score (nSPS) is 20.1. The smallest absolute Gasteiger partial charge is 0.324 e. The van der Waals surface area contributed by atoms with E-state index in [2.05, 4.69) is 9.72 Å². The third-order valence-corrected chi connectivity index (χ3v) is 6.83. The predicted molar refractivity (Wildman–Crippen MR) is 105 cm³/mol. The molecule has 1 aromatic heterocycles. The van der Waals surface area contributed by atoms with Gasteiger partial charge in [0.2, 0.25) is 10.0 Å². The summed E-state index contributed by atoms with van der Waals surface area (Å²) < 4.78 is 65.2. The van der Waals surface area contributed by atoms with Crippen molar-refractivity contribution in [3.8, 4) is 11.5 Å². The van der Waals surface area contributed by atoms with E-state index in [-0.39, 0.29) is 17.9 Å². The first-order valence-electron chi connectivity index (χ1n) is 8.76. The summed E-state index contributed by atoms with van der Waals surface area (Å²) in [4.78, 5) is 15.9. The van der Waals surface area contributed by atoms with Crippen molar-refractivity contribution in [1.82, 2.24) is 9.29 Å². The van der Waals surface area contributed by atoms with Crippen LogP contribution < -0.4 is 4.74 Å². The lowest BCUT2D eigenvalue weighted by Gasteiger charge is -2.22. The van der Waals surface area contributed by atoms with E-state index in [1.807, 2.05) is 0 Å². The minimum atomic E-state index is -4.13. The molecule has 1 aliphatic heterocycles. The van der Waals surface area contributed by atoms with Crippen molar-refractivity contribution >= 4 is 26.1 Å². The van der Waals surface area contributed by atoms with Crippen molar-refractivity contribution in [2.75, 3.05) is 19.9 Å². The fourth-order valence-electron chi connectivity index (χ4n) is 3.06. The number of sulfonamides is 1. The Hall–Kier alpha value is -2.54. The van der Waals surface area contributed by atoms with Gasteiger partial charge in [-0.1, -0.05) is 0 Å². The summed E-state index contributed by atoms with van der Waals surface area (Å²) in [7, 11) is -6.83. The van der Waals surface area contributed by atoms with Gasteiger partial charge < -0.3 is 9.47 Å². The largest absolute Gasteiger partial charge is 0.468 e. The third-order valence-electron chi connectivity index (χ3n) is 4.32. The van der Waals surface area contributed by atoms with E-state index in [9.17, 15) is 21.6 Å². The van der Waals surface area contributed by atoms with Crippen LogP contribution in [0.2, 0.25) is 0 Å². The Bertz CT molecular complexity index is 1100. The van der Waals surface area contributed by atoms with Gasteiger partial charge in [-0.3, -0.25) is 14.0 Å². The fourth-order valence-corrected chi connectivity index (χ4v) is 5.31. The summed E-state index contributed by atoms with van der Waals surface area (Å²) in [5, 5.41) is 0. The van der Waals surface area contributed by atoms with Crippen LogP contribution in [0.25, 0.3) is 0 Å². The lowest BCUT2D eigenvalue weighted by molar-refractivity contribution is -0.144. The Labute approximate surface area is 174 Å². The molecule has 0 amide bonds. The highest BCUT2D eigenvalue weighted by Crippen LogP contribution is 2.30. The van der Waals surface area contributed by atoms with E-state index in [1.165, 1.54) is 24.3 Å². The Balaban J connectivity index is 1.83. The number of carbonyl (C=O) groups is 1. The van der Waals surface area contributed by atoms with Gasteiger partial charge in [-0.05, 0) is 36.4 Å². The first kappa shape index (κ1) is 22.2. The molecule has 1 saturated heterocycles. The molecule has 3 rings (SSSR count). The van der Waals surface area contributed by atoms with Gasteiger partial charge in [-0.25, -0.2) is 8.42 Å². The fraction of sp³-hybridized carbons (Fsp3) is 0.333. The molecule has 30 heavy (non-hydrogen) atoms. The maximum absolute atomic E-state index is 13.1. The summed E-state index contributed by atoms with van der Waals surface area (Å²) in [6, 6.07) is 7.73. The van der Waals surface area contributed by atoms with Gasteiger partial charge in [0.1, 0.15) is 17.5 Å². The highest BCUT2D eigenvalue weighted by molar-refractivity contribution is 7.89. The molecular weight excluding hydrogens is 436 g/mol. The van der Waals surface area contributed by atoms with Crippen LogP contribution in [0.4, 0.5) is 0 Å². The molecule has 0 N–H and O–H groups in total. The number of pyridine rings is 1. The number of nitrogens with zero attached hydrogens (tertiary/aromatic N) is 2. The first-order valence-corrected chi connectivity index (χ1v) is 12.0. The molecule has 1 aliphatic rings. The summed E-state index contributed by atoms with van der Waals surface area (Å²) in [6.07, 6.45) is 2.85. The van der Waals surface area contributed by atoms with Crippen molar-refractivity contribution in [1.29, 1.82) is 0 Å². The van der Waals surface area contributed by atoms with Crippen LogP contribution in [0.15, 0.2) is 53.7 Å². The zero-order valence-electron chi connectivity index (χ0n) is 16.2. The third kappa shape index (κ3) is 5.14. The molecule has 2 heterocycles. The molecule has 0 bridgehead atoms. The van der Waals surface area contributed by atoms with Crippen LogP contribution in [0, 0.1) is 0 Å². The Morgan fingerprint density at radius 1 is 1.03 bits per heavy atom. The molecule has 0 radical (unpaired) electrons. The summed E-state index contributed by atoms with van der Waals surface area (Å²) in [6.45, 7) is -0.301. The number of hydrogen-bond acceptors (Lipinski definition) is 9. The maximum Gasteiger partial charge on any atom is 0.324 e. The molecule has 0 saturated carbocycles. The van der Waals surface area contributed by atoms with Gasteiger partial charge in [0, 0.05) is 25.4 Å². The zero-order valence-corrected chi connectivity index (χ0v) is 17.8. The van der Waals surface area contributed by atoms with E-state index in [0.29, 0.717) is 11.5 Å². The first-order chi connectivity index (χ1) is 14.1. The van der Waals surface area contributed by atoms with Crippen LogP contribution in [-0.4, -0.2) is 64.2 Å². The minimum Gasteiger partial charge on any atom is -0.468 e. The van der Waals surface area contributed by atoms with Crippen LogP contribution in [0.3, 0.4) is 0 Å². The van der Waals surface area contributed by atoms with E-state index in [4.69, 9.17) is 8.92 Å². The molecule has 10 nitrogen and oxygen atoms in total. The summed E-state index contributed by atoms with van der Waals surface area (Å²) in [5.41, 5.74) is 0. The monoisotopic (exact) mass is 456 g/mol. The Kier molecular flexibility index (Phi) is 6.41. The van der Waals surface area contributed by atoms with Crippen LogP contribution >= 0.6 is 0 Å². The lowest BCUT2D eigenvalue weighted by Crippen LogP contribution is -2.41. The lowest BCUT2D eigenvalue weighted by atomic mass is 10.2. The maximum atomic E-state index is 13.1. The molecule has 0 unspecified atom stereocenters. The average Bonchev–Trinajstić information content (AvgIpc) is 3.11. The number of esters is 1. The quantitative estimate of drug-likeness (QED) is 0.445. The highest BCUT2D eigenvalue weighted by Gasteiger charge is 2.46. The van der Waals surface area contributed by atoms with Crippen LogP contribution in [0.1, 0.15) is 6.42 Å². The topological polar surface area (TPSA) is 129 Å². The second-order valence-corrected chi connectivity index (χ2v) is 10.0. The summed E-state index contributed by atoms with van der Waals surface area (Å²) in [5.74, 6) is 0.145. The average molecular weight is 456 g/mol. The number of aromatic nitrogens is 1. The Morgan fingerprint density at radius 3 is 2.20 bits per heavy atom. The van der Waals surface area contributed by atoms with Crippen molar-refractivity contribution in [2.45, 2.75) is 23.5 Å². The number of rotatable bonds is 7. The number of carbonyl (C=O) groups excluding carboxylic acids is 1. The van der Waals surface area contributed by atoms with E-state index >= 15 is 0 Å². The van der Waals surface area contributed by atoms with E-state index < -0.39 is 38.3 Å². The molecule has 12 heteroatoms. The number of ether oxygens (including phenoxy) is 2. The van der Waals surface area contributed by atoms with Crippen LogP contribution in [0.5, 0.6) is 11.5 Å². The van der Waals surface area contributed by atoms with Gasteiger partial charge in [0.25, 0.3) is 10.1 Å². The van der Waals surface area contributed by atoms with Crippen molar-refractivity contribution in [3.63, 3.8) is 0 Å². The zero-order chi connectivity index (χ0) is 21.9. The van der Waals surface area contributed by atoms with Gasteiger partial charge >= 0.3 is 5.97 Å². The number of benzene rings is 1. The molecule has 1 aromatic carbocycles. The summed E-state index contributed by atoms with van der Waals surface area (Å²) >= 11 is 0. The number of hydrogen-bond donors (Lipinski definition) is 0. The molecule has 2 atom stereocenters. The second-order valence-electron chi connectivity index (χ2n) is 6.53. The van der Waals surface area contributed by atoms with Crippen LogP contribution in [-0.2, 0) is 33.9 Å². The van der Waals surface area contributed by atoms with Crippen molar-refractivity contribution in [3.05, 3.63) is 48.8 Å². The van der Waals surface area contributed by atoms with Gasteiger partial charge in [0.15, 0.2) is 0 Å². The molecule has 1 fully saturated rings. The van der Waals surface area contributed by atoms with Crippen molar-refractivity contribution < 1.29 is 35.3 Å². The highest BCUT2D eigenvalue weighted by atomic mass is 32.2. The van der Waals surface area contributed by atoms with Gasteiger partial charge in [-0.2, -0.15) is 12.7 Å². The Morgan fingerprint density at radius 2 is 1.63 bits per heavy atom. The molecule has 2 aromatic rings. The molecule has 162 valence electrons. The SMILES string of the molecule is COC(=O)[C@H]1C[C@@H](OS(C)(=O)=O)CN1S(=O)(=O)c1ccc(Oc2ccncc2)cc1. The van der Waals surface area contributed by atoms with Gasteiger partial charge in [0.05, 0.1) is 24.4 Å². The number of methoxy groups -OCH3 is 1. The molecule has 0 spiro atoms. The van der Waals surface area contributed by atoms with E-state index in [1.54, 1.807) is 24.5 Å². The van der Waals surface area contributed by atoms with E-state index in [0.717, 1.165) is 17.7 Å². The minimum absolute atomic E-state index is 0.0847. The molecule has 0 aliphatic carbocycles. The predicted octanol–water partition coefficient (Wildman–Crippen LogP) is 1.15.